The molecule has 3 aromatic rings. The summed E-state index contributed by atoms with van der Waals surface area (Å²) in [6, 6.07) is 5.75. The largest absolute Gasteiger partial charge is 0.496 e. The average Bonchev–Trinajstić information content (AvgIpc) is 3.48. The molecule has 2 aromatic heterocycles. The summed E-state index contributed by atoms with van der Waals surface area (Å²) in [4.78, 5) is 25.5. The molecule has 0 aliphatic heterocycles. The van der Waals surface area contributed by atoms with Crippen molar-refractivity contribution in [3.63, 3.8) is 0 Å². The number of aryl methyl sites for hydroxylation is 1. The summed E-state index contributed by atoms with van der Waals surface area (Å²) in [7, 11) is 1.59. The highest BCUT2D eigenvalue weighted by atomic mass is 35.5. The van der Waals surface area contributed by atoms with Crippen molar-refractivity contribution >= 4 is 28.4 Å². The summed E-state index contributed by atoms with van der Waals surface area (Å²) in [6.07, 6.45) is 6.54. The first-order valence-corrected chi connectivity index (χ1v) is 10.4. The summed E-state index contributed by atoms with van der Waals surface area (Å²) in [5.74, 6) is 0.422. The van der Waals surface area contributed by atoms with Gasteiger partial charge in [-0.3, -0.25) is 9.59 Å². The van der Waals surface area contributed by atoms with E-state index in [2.05, 4.69) is 15.0 Å². The van der Waals surface area contributed by atoms with Crippen LogP contribution in [-0.2, 0) is 17.8 Å². The van der Waals surface area contributed by atoms with Gasteiger partial charge in [-0.1, -0.05) is 17.7 Å². The fourth-order valence-electron chi connectivity index (χ4n) is 3.88. The van der Waals surface area contributed by atoms with Gasteiger partial charge in [0, 0.05) is 23.3 Å². The van der Waals surface area contributed by atoms with Crippen LogP contribution in [0.1, 0.15) is 36.9 Å². The molecule has 0 bridgehead atoms. The second kappa shape index (κ2) is 8.14. The number of nitrogens with one attached hydrogen (secondary N) is 1. The van der Waals surface area contributed by atoms with E-state index in [9.17, 15) is 9.59 Å². The molecule has 1 aromatic carbocycles. The quantitative estimate of drug-likeness (QED) is 0.626. The van der Waals surface area contributed by atoms with Crippen LogP contribution < -0.4 is 15.6 Å². The molecule has 1 aliphatic rings. The van der Waals surface area contributed by atoms with Gasteiger partial charge in [0.15, 0.2) is 0 Å². The number of carbonyl (C=O) groups is 1. The van der Waals surface area contributed by atoms with Gasteiger partial charge in [-0.15, -0.1) is 0 Å². The minimum atomic E-state index is -0.261. The third-order valence-corrected chi connectivity index (χ3v) is 5.68. The van der Waals surface area contributed by atoms with Crippen molar-refractivity contribution in [1.29, 1.82) is 0 Å². The number of methoxy groups -OCH3 is 1. The summed E-state index contributed by atoms with van der Waals surface area (Å²) < 4.78 is 8.73. The van der Waals surface area contributed by atoms with E-state index in [1.165, 1.54) is 4.68 Å². The van der Waals surface area contributed by atoms with Gasteiger partial charge in [-0.05, 0) is 56.4 Å². The summed E-state index contributed by atoms with van der Waals surface area (Å²) in [5, 5.41) is 8.42. The fourth-order valence-corrected chi connectivity index (χ4v) is 4.04. The molecule has 0 radical (unpaired) electrons. The van der Waals surface area contributed by atoms with Crippen LogP contribution in [0.3, 0.4) is 0 Å². The smallest absolute Gasteiger partial charge is 0.276 e. The third kappa shape index (κ3) is 4.07. The molecule has 0 spiro atoms. The lowest BCUT2D eigenvalue weighted by Crippen LogP contribution is -2.39. The molecule has 1 aliphatic carbocycles. The SMILES string of the molecule is COc1cc(Cl)ccc1CC(C)NC(=O)Cn1ncc2c(c(C)cn2C2CC2)c1=O. The molecule has 30 heavy (non-hydrogen) atoms. The molecule has 4 rings (SSSR count). The van der Waals surface area contributed by atoms with Crippen LogP contribution >= 0.6 is 11.6 Å². The van der Waals surface area contributed by atoms with Crippen LogP contribution in [0, 0.1) is 6.92 Å². The Hall–Kier alpha value is -2.80. The summed E-state index contributed by atoms with van der Waals surface area (Å²) in [6.45, 7) is 3.71. The highest BCUT2D eigenvalue weighted by molar-refractivity contribution is 6.30. The molecule has 1 atom stereocenters. The number of nitrogens with zero attached hydrogens (tertiary/aromatic N) is 3. The Labute approximate surface area is 179 Å². The fraction of sp³-hybridized carbons (Fsp3) is 0.409. The van der Waals surface area contributed by atoms with E-state index in [0.717, 1.165) is 29.5 Å². The Bertz CT molecular complexity index is 1160. The monoisotopic (exact) mass is 428 g/mol. The van der Waals surface area contributed by atoms with Crippen molar-refractivity contribution in [3.8, 4) is 5.75 Å². The van der Waals surface area contributed by atoms with E-state index in [4.69, 9.17) is 16.3 Å². The van der Waals surface area contributed by atoms with Crippen molar-refractivity contribution in [2.75, 3.05) is 7.11 Å². The molecule has 1 N–H and O–H groups in total. The van der Waals surface area contributed by atoms with E-state index in [0.29, 0.717) is 28.6 Å². The van der Waals surface area contributed by atoms with Crippen LogP contribution in [-0.4, -0.2) is 33.4 Å². The van der Waals surface area contributed by atoms with E-state index in [1.54, 1.807) is 25.4 Å². The number of aromatic nitrogens is 3. The van der Waals surface area contributed by atoms with Crippen LogP contribution in [0.2, 0.25) is 5.02 Å². The summed E-state index contributed by atoms with van der Waals surface area (Å²) in [5.41, 5.74) is 2.48. The van der Waals surface area contributed by atoms with Gasteiger partial charge >= 0.3 is 0 Å². The number of fused-ring (bicyclic) bond motifs is 1. The third-order valence-electron chi connectivity index (χ3n) is 5.45. The van der Waals surface area contributed by atoms with Gasteiger partial charge in [0.25, 0.3) is 5.56 Å². The topological polar surface area (TPSA) is 78.2 Å². The highest BCUT2D eigenvalue weighted by Crippen LogP contribution is 2.37. The number of halogens is 1. The number of amides is 1. The van der Waals surface area contributed by atoms with E-state index in [1.807, 2.05) is 26.1 Å². The lowest BCUT2D eigenvalue weighted by atomic mass is 10.1. The molecule has 1 fully saturated rings. The first kappa shape index (κ1) is 20.5. The van der Waals surface area contributed by atoms with Crippen molar-refractivity contribution in [3.05, 3.63) is 57.1 Å². The molecule has 8 heteroatoms. The molecular formula is C22H25ClN4O3. The maximum absolute atomic E-state index is 12.9. The molecule has 2 heterocycles. The Kier molecular flexibility index (Phi) is 5.56. The number of hydrogen-bond acceptors (Lipinski definition) is 4. The zero-order valence-electron chi connectivity index (χ0n) is 17.3. The maximum Gasteiger partial charge on any atom is 0.276 e. The first-order chi connectivity index (χ1) is 14.4. The second-order valence-electron chi connectivity index (χ2n) is 7.95. The van der Waals surface area contributed by atoms with E-state index < -0.39 is 0 Å². The Morgan fingerprint density at radius 2 is 2.17 bits per heavy atom. The van der Waals surface area contributed by atoms with Crippen molar-refractivity contribution < 1.29 is 9.53 Å². The Morgan fingerprint density at radius 3 is 2.87 bits per heavy atom. The van der Waals surface area contributed by atoms with E-state index in [-0.39, 0.29) is 24.1 Å². The predicted octanol–water partition coefficient (Wildman–Crippen LogP) is 3.25. The van der Waals surface area contributed by atoms with Gasteiger partial charge < -0.3 is 14.6 Å². The molecule has 1 saturated carbocycles. The van der Waals surface area contributed by atoms with Gasteiger partial charge in [-0.25, -0.2) is 4.68 Å². The lowest BCUT2D eigenvalue weighted by Gasteiger charge is -2.16. The normalized spacial score (nSPS) is 14.7. The number of carbonyl (C=O) groups excluding carboxylic acids is 1. The molecule has 1 unspecified atom stereocenters. The number of ether oxygens (including phenoxy) is 1. The molecule has 0 saturated heterocycles. The Morgan fingerprint density at radius 1 is 1.40 bits per heavy atom. The van der Waals surface area contributed by atoms with Gasteiger partial charge in [0.05, 0.1) is 24.2 Å². The number of rotatable bonds is 7. The molecular weight excluding hydrogens is 404 g/mol. The summed E-state index contributed by atoms with van der Waals surface area (Å²) >= 11 is 6.01. The molecule has 158 valence electrons. The zero-order valence-corrected chi connectivity index (χ0v) is 18.1. The minimum Gasteiger partial charge on any atom is -0.496 e. The van der Waals surface area contributed by atoms with Crippen LogP contribution in [0.15, 0.2) is 35.4 Å². The second-order valence-corrected chi connectivity index (χ2v) is 8.38. The predicted molar refractivity (Wildman–Crippen MR) is 116 cm³/mol. The van der Waals surface area contributed by atoms with Gasteiger partial charge in [0.2, 0.25) is 5.91 Å². The van der Waals surface area contributed by atoms with Crippen molar-refractivity contribution in [2.24, 2.45) is 0 Å². The maximum atomic E-state index is 12.9. The van der Waals surface area contributed by atoms with Crippen LogP contribution in [0.5, 0.6) is 5.75 Å². The molecule has 7 nitrogen and oxygen atoms in total. The zero-order chi connectivity index (χ0) is 21.4. The number of benzene rings is 1. The van der Waals surface area contributed by atoms with Crippen LogP contribution in [0.4, 0.5) is 0 Å². The lowest BCUT2D eigenvalue weighted by molar-refractivity contribution is -0.122. The van der Waals surface area contributed by atoms with Crippen LogP contribution in [0.25, 0.3) is 10.9 Å². The highest BCUT2D eigenvalue weighted by Gasteiger charge is 2.26. The molecule has 1 amide bonds. The number of hydrogen-bond donors (Lipinski definition) is 1. The van der Waals surface area contributed by atoms with Crippen molar-refractivity contribution in [1.82, 2.24) is 19.7 Å². The van der Waals surface area contributed by atoms with Crippen molar-refractivity contribution in [2.45, 2.75) is 51.7 Å². The first-order valence-electron chi connectivity index (χ1n) is 10.1. The Balaban J connectivity index is 1.46. The van der Waals surface area contributed by atoms with Gasteiger partial charge in [-0.2, -0.15) is 5.10 Å². The van der Waals surface area contributed by atoms with Gasteiger partial charge in [0.1, 0.15) is 12.3 Å². The standard InChI is InChI=1S/C22H25ClN4O3/c1-13-11-26(17-6-7-17)18-10-24-27(22(29)21(13)18)12-20(28)25-14(2)8-15-4-5-16(23)9-19(15)30-3/h4-5,9-11,14,17H,6-8,12H2,1-3H3,(H,25,28). The minimum absolute atomic E-state index is 0.120. The average molecular weight is 429 g/mol. The van der Waals surface area contributed by atoms with E-state index >= 15 is 0 Å².